The van der Waals surface area contributed by atoms with Crippen LogP contribution in [-0.2, 0) is 0 Å². The summed E-state index contributed by atoms with van der Waals surface area (Å²) in [5, 5.41) is 12.6. The van der Waals surface area contributed by atoms with Gasteiger partial charge >= 0.3 is 0 Å². The lowest BCUT2D eigenvalue weighted by Gasteiger charge is -2.22. The van der Waals surface area contributed by atoms with Crippen molar-refractivity contribution in [2.24, 2.45) is 5.92 Å². The Balaban J connectivity index is 2.92. The van der Waals surface area contributed by atoms with Gasteiger partial charge in [0, 0.05) is 22.6 Å². The van der Waals surface area contributed by atoms with Crippen LogP contribution >= 0.6 is 23.4 Å². The van der Waals surface area contributed by atoms with E-state index >= 15 is 0 Å². The zero-order valence-electron chi connectivity index (χ0n) is 12.1. The average Bonchev–Trinajstić information content (AvgIpc) is 2.40. The molecule has 1 aromatic carbocycles. The number of rotatable bonds is 7. The number of halogens is 1. The van der Waals surface area contributed by atoms with Gasteiger partial charge in [0.05, 0.1) is 5.56 Å². The average molecular weight is 316 g/mol. The molecule has 112 valence electrons. The standard InChI is InChI=1S/C15H22ClNO2S/c1-4-20-14-6-5-11(16)9-12(14)15(19)17-13(7-8-18)10(2)3/h5-6,9-10,13,18H,4,7-8H2,1-3H3,(H,17,19). The van der Waals surface area contributed by atoms with E-state index in [9.17, 15) is 4.79 Å². The quantitative estimate of drug-likeness (QED) is 0.756. The highest BCUT2D eigenvalue weighted by atomic mass is 35.5. The van der Waals surface area contributed by atoms with Crippen LogP contribution in [0, 0.1) is 5.92 Å². The van der Waals surface area contributed by atoms with Gasteiger partial charge < -0.3 is 10.4 Å². The van der Waals surface area contributed by atoms with Crippen molar-refractivity contribution in [1.29, 1.82) is 0 Å². The number of hydrogen-bond acceptors (Lipinski definition) is 3. The lowest BCUT2D eigenvalue weighted by Crippen LogP contribution is -2.39. The fourth-order valence-electron chi connectivity index (χ4n) is 1.92. The minimum Gasteiger partial charge on any atom is -0.396 e. The highest BCUT2D eigenvalue weighted by Crippen LogP contribution is 2.26. The Morgan fingerprint density at radius 1 is 1.45 bits per heavy atom. The van der Waals surface area contributed by atoms with E-state index in [2.05, 4.69) is 5.32 Å². The van der Waals surface area contributed by atoms with Crippen molar-refractivity contribution in [2.45, 2.75) is 38.1 Å². The molecule has 0 heterocycles. The number of hydrogen-bond donors (Lipinski definition) is 2. The molecule has 0 saturated heterocycles. The Hall–Kier alpha value is -0.710. The van der Waals surface area contributed by atoms with Gasteiger partial charge in [0.25, 0.3) is 5.91 Å². The van der Waals surface area contributed by atoms with Crippen LogP contribution in [0.4, 0.5) is 0 Å². The predicted octanol–water partition coefficient (Wildman–Crippen LogP) is 3.59. The molecule has 1 unspecified atom stereocenters. The number of carbonyl (C=O) groups excluding carboxylic acids is 1. The van der Waals surface area contributed by atoms with Crippen molar-refractivity contribution >= 4 is 29.3 Å². The molecule has 2 N–H and O–H groups in total. The first-order valence-electron chi connectivity index (χ1n) is 6.83. The van der Waals surface area contributed by atoms with E-state index in [0.717, 1.165) is 10.6 Å². The molecule has 0 radical (unpaired) electrons. The molecule has 0 aliphatic heterocycles. The predicted molar refractivity (Wildman–Crippen MR) is 85.6 cm³/mol. The summed E-state index contributed by atoms with van der Waals surface area (Å²) < 4.78 is 0. The van der Waals surface area contributed by atoms with Crippen LogP contribution in [-0.4, -0.2) is 29.4 Å². The van der Waals surface area contributed by atoms with E-state index < -0.39 is 0 Å². The number of carbonyl (C=O) groups is 1. The number of amides is 1. The molecule has 1 rings (SSSR count). The molecule has 0 aromatic heterocycles. The van der Waals surface area contributed by atoms with Crippen molar-refractivity contribution < 1.29 is 9.90 Å². The van der Waals surface area contributed by atoms with Crippen molar-refractivity contribution in [3.8, 4) is 0 Å². The first-order valence-corrected chi connectivity index (χ1v) is 8.20. The van der Waals surface area contributed by atoms with Gasteiger partial charge in [0.15, 0.2) is 0 Å². The van der Waals surface area contributed by atoms with Gasteiger partial charge in [0.1, 0.15) is 0 Å². The van der Waals surface area contributed by atoms with Crippen molar-refractivity contribution in [1.82, 2.24) is 5.32 Å². The zero-order valence-corrected chi connectivity index (χ0v) is 13.7. The molecule has 0 spiro atoms. The summed E-state index contributed by atoms with van der Waals surface area (Å²) in [5.74, 6) is 1.04. The highest BCUT2D eigenvalue weighted by Gasteiger charge is 2.19. The largest absolute Gasteiger partial charge is 0.396 e. The Morgan fingerprint density at radius 2 is 2.15 bits per heavy atom. The number of benzene rings is 1. The number of thioether (sulfide) groups is 1. The normalized spacial score (nSPS) is 12.5. The third-order valence-corrected chi connectivity index (χ3v) is 4.24. The van der Waals surface area contributed by atoms with Crippen LogP contribution in [0.25, 0.3) is 0 Å². The zero-order chi connectivity index (χ0) is 15.1. The molecule has 1 aromatic rings. The SMILES string of the molecule is CCSc1ccc(Cl)cc1C(=O)NC(CCO)C(C)C. The van der Waals surface area contributed by atoms with Crippen LogP contribution in [0.3, 0.4) is 0 Å². The molecule has 0 saturated carbocycles. The molecule has 0 fully saturated rings. The lowest BCUT2D eigenvalue weighted by atomic mass is 10.0. The van der Waals surface area contributed by atoms with E-state index in [1.54, 1.807) is 23.9 Å². The molecular formula is C15H22ClNO2S. The molecule has 0 aliphatic carbocycles. The fraction of sp³-hybridized carbons (Fsp3) is 0.533. The summed E-state index contributed by atoms with van der Waals surface area (Å²) in [6.45, 7) is 6.17. The van der Waals surface area contributed by atoms with E-state index in [1.807, 2.05) is 26.8 Å². The molecule has 0 bridgehead atoms. The molecule has 1 atom stereocenters. The Bertz CT molecular complexity index is 451. The van der Waals surface area contributed by atoms with Crippen LogP contribution in [0.5, 0.6) is 0 Å². The first-order chi connectivity index (χ1) is 9.49. The van der Waals surface area contributed by atoms with Gasteiger partial charge in [-0.25, -0.2) is 0 Å². The Kier molecular flexibility index (Phi) is 7.41. The second kappa shape index (κ2) is 8.55. The van der Waals surface area contributed by atoms with Gasteiger partial charge in [-0.05, 0) is 36.3 Å². The highest BCUT2D eigenvalue weighted by molar-refractivity contribution is 7.99. The van der Waals surface area contributed by atoms with Gasteiger partial charge in [-0.3, -0.25) is 4.79 Å². The molecule has 3 nitrogen and oxygen atoms in total. The topological polar surface area (TPSA) is 49.3 Å². The van der Waals surface area contributed by atoms with Crippen LogP contribution < -0.4 is 5.32 Å². The summed E-state index contributed by atoms with van der Waals surface area (Å²) in [6, 6.07) is 5.34. The molecule has 20 heavy (non-hydrogen) atoms. The maximum atomic E-state index is 12.4. The van der Waals surface area contributed by atoms with E-state index in [0.29, 0.717) is 17.0 Å². The second-order valence-corrected chi connectivity index (χ2v) is 6.65. The maximum absolute atomic E-state index is 12.4. The third-order valence-electron chi connectivity index (χ3n) is 3.05. The summed E-state index contributed by atoms with van der Waals surface area (Å²) >= 11 is 7.61. The van der Waals surface area contributed by atoms with Crippen LogP contribution in [0.2, 0.25) is 5.02 Å². The number of aliphatic hydroxyl groups is 1. The van der Waals surface area contributed by atoms with Gasteiger partial charge in [-0.2, -0.15) is 0 Å². The lowest BCUT2D eigenvalue weighted by molar-refractivity contribution is 0.0913. The van der Waals surface area contributed by atoms with Crippen molar-refractivity contribution in [3.05, 3.63) is 28.8 Å². The maximum Gasteiger partial charge on any atom is 0.252 e. The fourth-order valence-corrected chi connectivity index (χ4v) is 2.87. The van der Waals surface area contributed by atoms with E-state index in [4.69, 9.17) is 16.7 Å². The summed E-state index contributed by atoms with van der Waals surface area (Å²) in [6.07, 6.45) is 0.556. The van der Waals surface area contributed by atoms with E-state index in [-0.39, 0.29) is 24.5 Å². The monoisotopic (exact) mass is 315 g/mol. The molecule has 0 aliphatic rings. The minimum atomic E-state index is -0.129. The van der Waals surface area contributed by atoms with Crippen molar-refractivity contribution in [2.75, 3.05) is 12.4 Å². The van der Waals surface area contributed by atoms with Crippen LogP contribution in [0.15, 0.2) is 23.1 Å². The summed E-state index contributed by atoms with van der Waals surface area (Å²) in [7, 11) is 0. The van der Waals surface area contributed by atoms with E-state index in [1.165, 1.54) is 0 Å². The van der Waals surface area contributed by atoms with Gasteiger partial charge in [-0.15, -0.1) is 11.8 Å². The van der Waals surface area contributed by atoms with Crippen LogP contribution in [0.1, 0.15) is 37.6 Å². The molecular weight excluding hydrogens is 294 g/mol. The number of aliphatic hydroxyl groups excluding tert-OH is 1. The first kappa shape index (κ1) is 17.3. The Morgan fingerprint density at radius 3 is 2.70 bits per heavy atom. The smallest absolute Gasteiger partial charge is 0.252 e. The minimum absolute atomic E-state index is 0.0361. The van der Waals surface area contributed by atoms with Gasteiger partial charge in [0.2, 0.25) is 0 Å². The second-order valence-electron chi connectivity index (χ2n) is 4.91. The summed E-state index contributed by atoms with van der Waals surface area (Å²) in [4.78, 5) is 13.3. The summed E-state index contributed by atoms with van der Waals surface area (Å²) in [5.41, 5.74) is 0.605. The third kappa shape index (κ3) is 5.00. The number of nitrogens with one attached hydrogen (secondary N) is 1. The van der Waals surface area contributed by atoms with Crippen molar-refractivity contribution in [3.63, 3.8) is 0 Å². The molecule has 5 heteroatoms. The van der Waals surface area contributed by atoms with Gasteiger partial charge in [-0.1, -0.05) is 32.4 Å². The Labute approximate surface area is 130 Å². The molecule has 1 amide bonds.